The predicted octanol–water partition coefficient (Wildman–Crippen LogP) is 3.53. The van der Waals surface area contributed by atoms with E-state index in [0.29, 0.717) is 17.6 Å². The number of aromatic amines is 1. The van der Waals surface area contributed by atoms with Gasteiger partial charge < -0.3 is 25.3 Å². The summed E-state index contributed by atoms with van der Waals surface area (Å²) in [4.78, 5) is 19.3. The molecule has 2 saturated carbocycles. The molecule has 3 aliphatic rings. The van der Waals surface area contributed by atoms with E-state index in [1.165, 1.54) is 31.4 Å². The van der Waals surface area contributed by atoms with Crippen LogP contribution in [0, 0.1) is 11.8 Å². The minimum atomic E-state index is 0.505. The third kappa shape index (κ3) is 3.35. The summed E-state index contributed by atoms with van der Waals surface area (Å²) in [5.74, 6) is 3.07. The van der Waals surface area contributed by atoms with E-state index in [1.54, 1.807) is 6.33 Å². The first kappa shape index (κ1) is 17.9. The molecule has 3 atom stereocenters. The average molecular weight is 406 g/mol. The maximum Gasteiger partial charge on any atom is 0.231 e. The van der Waals surface area contributed by atoms with Crippen molar-refractivity contribution in [1.29, 1.82) is 0 Å². The molecule has 3 fully saturated rings. The van der Waals surface area contributed by atoms with Gasteiger partial charge in [-0.15, -0.1) is 0 Å². The quantitative estimate of drug-likeness (QED) is 0.598. The monoisotopic (exact) mass is 405 g/mol. The molecular weight excluding hydrogens is 378 g/mol. The molecule has 3 aromatic rings. The van der Waals surface area contributed by atoms with Crippen LogP contribution in [0.15, 0.2) is 30.6 Å². The molecule has 8 nitrogen and oxygen atoms in total. The Bertz CT molecular complexity index is 1030. The molecule has 1 aliphatic heterocycles. The Kier molecular flexibility index (Phi) is 4.44. The van der Waals surface area contributed by atoms with Crippen LogP contribution in [-0.4, -0.2) is 52.3 Å². The largest absolute Gasteiger partial charge is 0.378 e. The topological polar surface area (TPSA) is 91.0 Å². The lowest BCUT2D eigenvalue weighted by molar-refractivity contribution is 0.122. The number of ether oxygens (including phenoxy) is 1. The van der Waals surface area contributed by atoms with E-state index in [0.717, 1.165) is 55.2 Å². The highest BCUT2D eigenvalue weighted by molar-refractivity contribution is 5.84. The molecule has 1 aromatic carbocycles. The fourth-order valence-electron chi connectivity index (χ4n) is 5.30. The Balaban J connectivity index is 1.22. The first-order valence-electron chi connectivity index (χ1n) is 11.0. The number of rotatable bonds is 5. The predicted molar refractivity (Wildman–Crippen MR) is 117 cm³/mol. The number of anilines is 4. The van der Waals surface area contributed by atoms with Crippen molar-refractivity contribution in [2.24, 2.45) is 11.8 Å². The lowest BCUT2D eigenvalue weighted by Gasteiger charge is -2.28. The smallest absolute Gasteiger partial charge is 0.231 e. The second-order valence-corrected chi connectivity index (χ2v) is 8.69. The summed E-state index contributed by atoms with van der Waals surface area (Å²) in [6, 6.07) is 8.92. The number of morpholine rings is 1. The Hall–Kier alpha value is -2.87. The lowest BCUT2D eigenvalue weighted by atomic mass is 9.95. The zero-order chi connectivity index (χ0) is 19.9. The summed E-state index contributed by atoms with van der Waals surface area (Å²) in [6.45, 7) is 3.44. The van der Waals surface area contributed by atoms with Crippen molar-refractivity contribution in [1.82, 2.24) is 19.9 Å². The number of nitrogens with one attached hydrogen (secondary N) is 3. The SMILES string of the molecule is c1nc2nc(Nc3ccc(N4CCOCC4)cc3)nc(NC3CC4CCC3C4)c2[nH]1. The summed E-state index contributed by atoms with van der Waals surface area (Å²) in [5.41, 5.74) is 3.74. The molecule has 3 heterocycles. The molecule has 0 radical (unpaired) electrons. The van der Waals surface area contributed by atoms with Crippen molar-refractivity contribution in [2.45, 2.75) is 31.7 Å². The van der Waals surface area contributed by atoms with Crippen LogP contribution in [-0.2, 0) is 4.74 Å². The van der Waals surface area contributed by atoms with Gasteiger partial charge in [-0.3, -0.25) is 0 Å². The molecule has 1 saturated heterocycles. The molecule has 0 amide bonds. The summed E-state index contributed by atoms with van der Waals surface area (Å²) in [5, 5.41) is 7.05. The van der Waals surface area contributed by atoms with Crippen molar-refractivity contribution >= 4 is 34.3 Å². The van der Waals surface area contributed by atoms with Gasteiger partial charge in [-0.25, -0.2) is 4.98 Å². The lowest BCUT2D eigenvalue weighted by Crippen LogP contribution is -2.36. The van der Waals surface area contributed by atoms with E-state index in [1.807, 2.05) is 0 Å². The molecular formula is C22H27N7O. The van der Waals surface area contributed by atoms with Gasteiger partial charge in [-0.1, -0.05) is 6.42 Å². The number of nitrogens with zero attached hydrogens (tertiary/aromatic N) is 4. The Morgan fingerprint density at radius 2 is 1.90 bits per heavy atom. The van der Waals surface area contributed by atoms with Gasteiger partial charge in [0.15, 0.2) is 11.5 Å². The number of hydrogen-bond donors (Lipinski definition) is 3. The fourth-order valence-corrected chi connectivity index (χ4v) is 5.30. The van der Waals surface area contributed by atoms with E-state index < -0.39 is 0 Å². The first-order chi connectivity index (χ1) is 14.8. The van der Waals surface area contributed by atoms with E-state index in [-0.39, 0.29) is 0 Å². The molecule has 2 aliphatic carbocycles. The maximum absolute atomic E-state index is 5.44. The number of H-pyrrole nitrogens is 1. The van der Waals surface area contributed by atoms with Crippen molar-refractivity contribution in [3.05, 3.63) is 30.6 Å². The summed E-state index contributed by atoms with van der Waals surface area (Å²) >= 11 is 0. The zero-order valence-corrected chi connectivity index (χ0v) is 17.0. The first-order valence-corrected chi connectivity index (χ1v) is 11.0. The van der Waals surface area contributed by atoms with E-state index in [2.05, 4.69) is 54.8 Å². The number of aromatic nitrogens is 4. The molecule has 2 aromatic heterocycles. The van der Waals surface area contributed by atoms with Crippen LogP contribution in [0.5, 0.6) is 0 Å². The number of fused-ring (bicyclic) bond motifs is 3. The number of hydrogen-bond acceptors (Lipinski definition) is 7. The summed E-state index contributed by atoms with van der Waals surface area (Å²) in [6.07, 6.45) is 7.01. The highest BCUT2D eigenvalue weighted by atomic mass is 16.5. The van der Waals surface area contributed by atoms with Gasteiger partial charge in [0.2, 0.25) is 5.95 Å². The Labute approximate surface area is 175 Å². The van der Waals surface area contributed by atoms with E-state index in [9.17, 15) is 0 Å². The molecule has 8 heteroatoms. The van der Waals surface area contributed by atoms with E-state index in [4.69, 9.17) is 9.72 Å². The maximum atomic E-state index is 5.44. The second-order valence-electron chi connectivity index (χ2n) is 8.69. The molecule has 6 rings (SSSR count). The standard InChI is InChI=1S/C22H27N7O/c1-2-15-11-14(1)12-18(15)26-21-19-20(24-13-23-19)27-22(28-21)25-16-3-5-17(6-4-16)29-7-9-30-10-8-29/h3-6,13-15,18H,1-2,7-12H2,(H3,23,24,25,26,27,28). The van der Waals surface area contributed by atoms with Gasteiger partial charge >= 0.3 is 0 Å². The Morgan fingerprint density at radius 3 is 2.67 bits per heavy atom. The van der Waals surface area contributed by atoms with Crippen LogP contribution in [0.1, 0.15) is 25.7 Å². The van der Waals surface area contributed by atoms with Gasteiger partial charge in [0, 0.05) is 30.5 Å². The van der Waals surface area contributed by atoms with Crippen LogP contribution in [0.25, 0.3) is 11.2 Å². The second kappa shape index (κ2) is 7.43. The summed E-state index contributed by atoms with van der Waals surface area (Å²) in [7, 11) is 0. The van der Waals surface area contributed by atoms with Gasteiger partial charge in [0.25, 0.3) is 0 Å². The summed E-state index contributed by atoms with van der Waals surface area (Å²) < 4.78 is 5.44. The van der Waals surface area contributed by atoms with Crippen LogP contribution >= 0.6 is 0 Å². The highest BCUT2D eigenvalue weighted by Crippen LogP contribution is 2.45. The van der Waals surface area contributed by atoms with Gasteiger partial charge in [-0.2, -0.15) is 9.97 Å². The average Bonchev–Trinajstić information content (AvgIpc) is 3.52. The minimum absolute atomic E-state index is 0.505. The number of imidazole rings is 1. The van der Waals surface area contributed by atoms with Crippen molar-refractivity contribution in [2.75, 3.05) is 41.8 Å². The van der Waals surface area contributed by atoms with E-state index >= 15 is 0 Å². The van der Waals surface area contributed by atoms with Crippen LogP contribution in [0.4, 0.5) is 23.1 Å². The van der Waals surface area contributed by atoms with Crippen LogP contribution in [0.3, 0.4) is 0 Å². The van der Waals surface area contributed by atoms with Crippen molar-refractivity contribution < 1.29 is 4.74 Å². The van der Waals surface area contributed by atoms with Crippen LogP contribution in [0.2, 0.25) is 0 Å². The fraction of sp³-hybridized carbons (Fsp3) is 0.500. The molecule has 0 spiro atoms. The highest BCUT2D eigenvalue weighted by Gasteiger charge is 2.39. The molecule has 3 unspecified atom stereocenters. The van der Waals surface area contributed by atoms with Crippen molar-refractivity contribution in [3.63, 3.8) is 0 Å². The normalized spacial score (nSPS) is 25.7. The molecule has 3 N–H and O–H groups in total. The molecule has 2 bridgehead atoms. The van der Waals surface area contributed by atoms with Crippen LogP contribution < -0.4 is 15.5 Å². The Morgan fingerprint density at radius 1 is 1.03 bits per heavy atom. The number of benzene rings is 1. The van der Waals surface area contributed by atoms with Crippen molar-refractivity contribution in [3.8, 4) is 0 Å². The minimum Gasteiger partial charge on any atom is -0.378 e. The zero-order valence-electron chi connectivity index (χ0n) is 17.0. The molecule has 156 valence electrons. The van der Waals surface area contributed by atoms with Gasteiger partial charge in [0.1, 0.15) is 5.52 Å². The third-order valence-corrected chi connectivity index (χ3v) is 6.85. The van der Waals surface area contributed by atoms with Gasteiger partial charge in [0.05, 0.1) is 19.5 Å². The molecule has 30 heavy (non-hydrogen) atoms. The third-order valence-electron chi connectivity index (χ3n) is 6.85. The van der Waals surface area contributed by atoms with Gasteiger partial charge in [-0.05, 0) is 55.4 Å².